The van der Waals surface area contributed by atoms with Crippen molar-refractivity contribution in [2.45, 2.75) is 38.6 Å². The molecule has 0 aromatic heterocycles. The molecule has 0 bridgehead atoms. The van der Waals surface area contributed by atoms with Crippen LogP contribution in [0.1, 0.15) is 38.1 Å². The lowest BCUT2D eigenvalue weighted by Crippen LogP contribution is -2.35. The molecule has 0 aliphatic carbocycles. The standard InChI is InChI=1S/C17H29N3O3S/c1-6-20(7-2)12-11-18-17(21)15-9-8-10-16(13-15)24(22,23)19(5)14(3)4/h8-10,13-14H,6-7,11-12H2,1-5H3,(H,18,21). The Bertz CT molecular complexity index is 640. The smallest absolute Gasteiger partial charge is 0.251 e. The molecule has 7 heteroatoms. The van der Waals surface area contributed by atoms with E-state index in [0.717, 1.165) is 19.6 Å². The molecular weight excluding hydrogens is 326 g/mol. The molecule has 0 saturated heterocycles. The summed E-state index contributed by atoms with van der Waals surface area (Å²) >= 11 is 0. The average molecular weight is 356 g/mol. The van der Waals surface area contributed by atoms with E-state index in [-0.39, 0.29) is 16.8 Å². The molecule has 0 radical (unpaired) electrons. The Hall–Kier alpha value is -1.44. The maximum Gasteiger partial charge on any atom is 0.251 e. The van der Waals surface area contributed by atoms with Crippen molar-refractivity contribution in [3.63, 3.8) is 0 Å². The van der Waals surface area contributed by atoms with Gasteiger partial charge < -0.3 is 10.2 Å². The third kappa shape index (κ3) is 5.29. The molecule has 1 rings (SSSR count). The number of rotatable bonds is 9. The highest BCUT2D eigenvalue weighted by Gasteiger charge is 2.23. The Labute approximate surface area is 145 Å². The molecule has 24 heavy (non-hydrogen) atoms. The van der Waals surface area contributed by atoms with Crippen molar-refractivity contribution in [1.82, 2.24) is 14.5 Å². The Balaban J connectivity index is 2.83. The van der Waals surface area contributed by atoms with Crippen molar-refractivity contribution in [1.29, 1.82) is 0 Å². The number of nitrogens with one attached hydrogen (secondary N) is 1. The van der Waals surface area contributed by atoms with Crippen molar-refractivity contribution in [2.24, 2.45) is 0 Å². The maximum absolute atomic E-state index is 12.5. The van der Waals surface area contributed by atoms with Gasteiger partial charge in [-0.1, -0.05) is 19.9 Å². The third-order valence-electron chi connectivity index (χ3n) is 4.11. The van der Waals surface area contributed by atoms with Gasteiger partial charge in [0.25, 0.3) is 5.91 Å². The van der Waals surface area contributed by atoms with Gasteiger partial charge in [-0.2, -0.15) is 4.31 Å². The van der Waals surface area contributed by atoms with Crippen LogP contribution in [0.15, 0.2) is 29.2 Å². The number of benzene rings is 1. The molecule has 0 fully saturated rings. The average Bonchev–Trinajstić information content (AvgIpc) is 2.57. The lowest BCUT2D eigenvalue weighted by Gasteiger charge is -2.21. The number of likely N-dealkylation sites (N-methyl/N-ethyl adjacent to an activating group) is 1. The predicted molar refractivity (Wildman–Crippen MR) is 96.6 cm³/mol. The van der Waals surface area contributed by atoms with Crippen LogP contribution in [0.2, 0.25) is 0 Å². The summed E-state index contributed by atoms with van der Waals surface area (Å²) in [7, 11) is -2.05. The van der Waals surface area contributed by atoms with Crippen LogP contribution in [0.25, 0.3) is 0 Å². The van der Waals surface area contributed by atoms with E-state index in [9.17, 15) is 13.2 Å². The number of hydrogen-bond acceptors (Lipinski definition) is 4. The largest absolute Gasteiger partial charge is 0.351 e. The van der Waals surface area contributed by atoms with Gasteiger partial charge in [-0.25, -0.2) is 8.42 Å². The lowest BCUT2D eigenvalue weighted by molar-refractivity contribution is 0.0948. The van der Waals surface area contributed by atoms with Gasteiger partial charge in [-0.15, -0.1) is 0 Å². The number of hydrogen-bond donors (Lipinski definition) is 1. The van der Waals surface area contributed by atoms with Crippen LogP contribution >= 0.6 is 0 Å². The monoisotopic (exact) mass is 355 g/mol. The molecule has 1 N–H and O–H groups in total. The van der Waals surface area contributed by atoms with E-state index in [4.69, 9.17) is 0 Å². The minimum atomic E-state index is -3.59. The summed E-state index contributed by atoms with van der Waals surface area (Å²) in [6.07, 6.45) is 0. The zero-order chi connectivity index (χ0) is 18.3. The molecule has 0 atom stereocenters. The van der Waals surface area contributed by atoms with E-state index in [1.807, 2.05) is 0 Å². The first-order chi connectivity index (χ1) is 11.2. The van der Waals surface area contributed by atoms with E-state index in [1.54, 1.807) is 26.0 Å². The number of nitrogens with zero attached hydrogens (tertiary/aromatic N) is 2. The van der Waals surface area contributed by atoms with Crippen LogP contribution in [-0.2, 0) is 10.0 Å². The van der Waals surface area contributed by atoms with Crippen LogP contribution in [0, 0.1) is 0 Å². The first kappa shape index (κ1) is 20.6. The maximum atomic E-state index is 12.5. The summed E-state index contributed by atoms with van der Waals surface area (Å²) in [6.45, 7) is 10.9. The molecule has 0 unspecified atom stereocenters. The van der Waals surface area contributed by atoms with E-state index < -0.39 is 10.0 Å². The molecule has 1 aromatic carbocycles. The van der Waals surface area contributed by atoms with Gasteiger partial charge in [0.15, 0.2) is 0 Å². The van der Waals surface area contributed by atoms with Crippen LogP contribution in [0.5, 0.6) is 0 Å². The quantitative estimate of drug-likeness (QED) is 0.733. The molecular formula is C17H29N3O3S. The SMILES string of the molecule is CCN(CC)CCNC(=O)c1cccc(S(=O)(=O)N(C)C(C)C)c1. The lowest BCUT2D eigenvalue weighted by atomic mass is 10.2. The summed E-state index contributed by atoms with van der Waals surface area (Å²) < 4.78 is 26.3. The van der Waals surface area contributed by atoms with E-state index in [0.29, 0.717) is 12.1 Å². The molecule has 1 aromatic rings. The van der Waals surface area contributed by atoms with Gasteiger partial charge in [0.1, 0.15) is 0 Å². The zero-order valence-electron chi connectivity index (χ0n) is 15.2. The van der Waals surface area contributed by atoms with Crippen molar-refractivity contribution in [2.75, 3.05) is 33.2 Å². The number of amides is 1. The van der Waals surface area contributed by atoms with E-state index in [1.165, 1.54) is 23.5 Å². The highest BCUT2D eigenvalue weighted by atomic mass is 32.2. The first-order valence-corrected chi connectivity index (χ1v) is 9.76. The van der Waals surface area contributed by atoms with E-state index >= 15 is 0 Å². The summed E-state index contributed by atoms with van der Waals surface area (Å²) in [5.74, 6) is -0.258. The van der Waals surface area contributed by atoms with Crippen molar-refractivity contribution < 1.29 is 13.2 Å². The Kier molecular flexibility index (Phi) is 7.86. The molecule has 0 aliphatic heterocycles. The second kappa shape index (κ2) is 9.15. The predicted octanol–water partition coefficient (Wildman–Crippen LogP) is 1.79. The Morgan fingerprint density at radius 1 is 1.21 bits per heavy atom. The summed E-state index contributed by atoms with van der Waals surface area (Å²) in [4.78, 5) is 14.6. The van der Waals surface area contributed by atoms with Crippen molar-refractivity contribution in [3.8, 4) is 0 Å². The van der Waals surface area contributed by atoms with E-state index in [2.05, 4.69) is 24.1 Å². The third-order valence-corrected chi connectivity index (χ3v) is 6.14. The number of carbonyl (C=O) groups excluding carboxylic acids is 1. The highest BCUT2D eigenvalue weighted by Crippen LogP contribution is 2.17. The molecule has 1 amide bonds. The number of sulfonamides is 1. The molecule has 6 nitrogen and oxygen atoms in total. The van der Waals surface area contributed by atoms with Gasteiger partial charge in [0.05, 0.1) is 4.90 Å². The Morgan fingerprint density at radius 3 is 2.38 bits per heavy atom. The summed E-state index contributed by atoms with van der Waals surface area (Å²) in [5.41, 5.74) is 0.354. The Morgan fingerprint density at radius 2 is 1.83 bits per heavy atom. The first-order valence-electron chi connectivity index (χ1n) is 8.32. The highest BCUT2D eigenvalue weighted by molar-refractivity contribution is 7.89. The molecule has 136 valence electrons. The fourth-order valence-corrected chi connectivity index (χ4v) is 3.63. The van der Waals surface area contributed by atoms with Gasteiger partial charge in [0, 0.05) is 31.7 Å². The number of carbonyl (C=O) groups is 1. The summed E-state index contributed by atoms with van der Waals surface area (Å²) in [5, 5.41) is 2.84. The fraction of sp³-hybridized carbons (Fsp3) is 0.588. The van der Waals surface area contributed by atoms with Gasteiger partial charge in [-0.05, 0) is 45.1 Å². The van der Waals surface area contributed by atoms with Gasteiger partial charge in [-0.3, -0.25) is 4.79 Å². The topological polar surface area (TPSA) is 69.7 Å². The van der Waals surface area contributed by atoms with Crippen LogP contribution in [0.4, 0.5) is 0 Å². The minimum absolute atomic E-state index is 0.134. The van der Waals surface area contributed by atoms with Gasteiger partial charge >= 0.3 is 0 Å². The fourth-order valence-electron chi connectivity index (χ4n) is 2.21. The van der Waals surface area contributed by atoms with Gasteiger partial charge in [0.2, 0.25) is 10.0 Å². The van der Waals surface area contributed by atoms with Crippen LogP contribution in [-0.4, -0.2) is 62.8 Å². The molecule has 0 saturated carbocycles. The normalized spacial score (nSPS) is 12.2. The molecule has 0 spiro atoms. The van der Waals surface area contributed by atoms with Crippen molar-refractivity contribution in [3.05, 3.63) is 29.8 Å². The molecule has 0 aliphatic rings. The van der Waals surface area contributed by atoms with Crippen molar-refractivity contribution >= 4 is 15.9 Å². The molecule has 0 heterocycles. The second-order valence-corrected chi connectivity index (χ2v) is 7.92. The second-order valence-electron chi connectivity index (χ2n) is 5.93. The van der Waals surface area contributed by atoms with Crippen LogP contribution < -0.4 is 5.32 Å². The summed E-state index contributed by atoms with van der Waals surface area (Å²) in [6, 6.07) is 6.02. The zero-order valence-corrected chi connectivity index (χ0v) is 16.1. The minimum Gasteiger partial charge on any atom is -0.351 e. The van der Waals surface area contributed by atoms with Crippen LogP contribution in [0.3, 0.4) is 0 Å².